The van der Waals surface area contributed by atoms with E-state index in [0.717, 1.165) is 5.56 Å². The molecule has 2 N–H and O–H groups in total. The van der Waals surface area contributed by atoms with Crippen LogP contribution in [0.25, 0.3) is 11.4 Å². The van der Waals surface area contributed by atoms with Crippen LogP contribution in [0.4, 0.5) is 5.69 Å². The van der Waals surface area contributed by atoms with Crippen LogP contribution in [0.5, 0.6) is 0 Å². The van der Waals surface area contributed by atoms with Crippen LogP contribution in [-0.4, -0.2) is 16.7 Å². The zero-order chi connectivity index (χ0) is 11.4. The van der Waals surface area contributed by atoms with E-state index in [1.165, 1.54) is 0 Å². The molecule has 2 aromatic rings. The molecule has 0 atom stereocenters. The van der Waals surface area contributed by atoms with E-state index in [0.29, 0.717) is 30.6 Å². The Morgan fingerprint density at radius 1 is 1.31 bits per heavy atom. The zero-order valence-electron chi connectivity index (χ0n) is 9.01. The highest BCUT2D eigenvalue weighted by Crippen LogP contribution is 2.17. The van der Waals surface area contributed by atoms with Gasteiger partial charge >= 0.3 is 0 Å². The van der Waals surface area contributed by atoms with Gasteiger partial charge in [-0.3, -0.25) is 0 Å². The molecule has 0 amide bonds. The van der Waals surface area contributed by atoms with Crippen molar-refractivity contribution in [3.63, 3.8) is 0 Å². The number of nitrogens with zero attached hydrogens (tertiary/aromatic N) is 2. The first-order valence-corrected chi connectivity index (χ1v) is 5.06. The summed E-state index contributed by atoms with van der Waals surface area (Å²) in [6.07, 6.45) is 0. The van der Waals surface area contributed by atoms with Crippen LogP contribution < -0.4 is 5.73 Å². The fraction of sp³-hybridized carbons (Fsp3) is 0.273. The van der Waals surface area contributed by atoms with Crippen LogP contribution in [0, 0.1) is 0 Å². The van der Waals surface area contributed by atoms with Crippen molar-refractivity contribution in [1.82, 2.24) is 10.1 Å². The highest BCUT2D eigenvalue weighted by Gasteiger charge is 2.07. The van der Waals surface area contributed by atoms with E-state index in [-0.39, 0.29) is 0 Å². The summed E-state index contributed by atoms with van der Waals surface area (Å²) < 4.78 is 10.2. The lowest BCUT2D eigenvalue weighted by molar-refractivity contribution is 0.109. The van der Waals surface area contributed by atoms with Crippen molar-refractivity contribution < 1.29 is 9.26 Å². The molecule has 1 heterocycles. The minimum Gasteiger partial charge on any atom is -0.399 e. The van der Waals surface area contributed by atoms with Gasteiger partial charge in [0.25, 0.3) is 5.89 Å². The highest BCUT2D eigenvalue weighted by molar-refractivity contribution is 5.57. The fourth-order valence-electron chi connectivity index (χ4n) is 1.25. The fourth-order valence-corrected chi connectivity index (χ4v) is 1.25. The number of benzene rings is 1. The van der Waals surface area contributed by atoms with E-state index in [1.54, 1.807) is 12.1 Å². The second-order valence-electron chi connectivity index (χ2n) is 3.27. The molecule has 0 saturated heterocycles. The van der Waals surface area contributed by atoms with Crippen LogP contribution >= 0.6 is 0 Å². The predicted molar refractivity (Wildman–Crippen MR) is 59.5 cm³/mol. The lowest BCUT2D eigenvalue weighted by atomic mass is 10.2. The van der Waals surface area contributed by atoms with Crippen LogP contribution in [-0.2, 0) is 11.3 Å². The van der Waals surface area contributed by atoms with Gasteiger partial charge in [-0.25, -0.2) is 0 Å². The van der Waals surface area contributed by atoms with E-state index in [9.17, 15) is 0 Å². The van der Waals surface area contributed by atoms with E-state index in [1.807, 2.05) is 19.1 Å². The van der Waals surface area contributed by atoms with Gasteiger partial charge in [0.15, 0.2) is 0 Å². The monoisotopic (exact) mass is 219 g/mol. The second-order valence-corrected chi connectivity index (χ2v) is 3.27. The molecule has 5 heteroatoms. The summed E-state index contributed by atoms with van der Waals surface area (Å²) in [4.78, 5) is 4.20. The highest BCUT2D eigenvalue weighted by atomic mass is 16.5. The summed E-state index contributed by atoms with van der Waals surface area (Å²) in [5.41, 5.74) is 7.18. The predicted octanol–water partition coefficient (Wildman–Crippen LogP) is 1.86. The SMILES string of the molecule is CCOCc1nc(-c2ccc(N)cc2)no1. The zero-order valence-corrected chi connectivity index (χ0v) is 9.01. The minimum atomic E-state index is 0.346. The summed E-state index contributed by atoms with van der Waals surface area (Å²) >= 11 is 0. The average molecular weight is 219 g/mol. The van der Waals surface area contributed by atoms with Gasteiger partial charge in [-0.15, -0.1) is 0 Å². The van der Waals surface area contributed by atoms with E-state index in [4.69, 9.17) is 15.0 Å². The van der Waals surface area contributed by atoms with E-state index < -0.39 is 0 Å². The molecule has 0 saturated carbocycles. The Hall–Kier alpha value is -1.88. The number of nitrogen functional groups attached to an aromatic ring is 1. The Morgan fingerprint density at radius 3 is 2.75 bits per heavy atom. The Labute approximate surface area is 93.2 Å². The topological polar surface area (TPSA) is 74.2 Å². The van der Waals surface area contributed by atoms with Gasteiger partial charge < -0.3 is 15.0 Å². The van der Waals surface area contributed by atoms with Gasteiger partial charge in [0.05, 0.1) is 0 Å². The van der Waals surface area contributed by atoms with Gasteiger partial charge in [0, 0.05) is 17.9 Å². The molecule has 1 aromatic carbocycles. The lowest BCUT2D eigenvalue weighted by Gasteiger charge is -1.94. The molecule has 2 rings (SSSR count). The van der Waals surface area contributed by atoms with Gasteiger partial charge in [-0.05, 0) is 31.2 Å². The summed E-state index contributed by atoms with van der Waals surface area (Å²) in [6, 6.07) is 7.30. The van der Waals surface area contributed by atoms with Crippen LogP contribution in [0.3, 0.4) is 0 Å². The van der Waals surface area contributed by atoms with Crippen LogP contribution in [0.1, 0.15) is 12.8 Å². The summed E-state index contributed by atoms with van der Waals surface area (Å²) in [5, 5.41) is 3.86. The molecule has 84 valence electrons. The molecule has 0 aliphatic heterocycles. The number of aromatic nitrogens is 2. The largest absolute Gasteiger partial charge is 0.399 e. The number of hydrogen-bond donors (Lipinski definition) is 1. The smallest absolute Gasteiger partial charge is 0.252 e. The first-order chi connectivity index (χ1) is 7.79. The van der Waals surface area contributed by atoms with Crippen molar-refractivity contribution in [2.75, 3.05) is 12.3 Å². The first-order valence-electron chi connectivity index (χ1n) is 5.06. The number of nitrogens with two attached hydrogens (primary N) is 1. The molecule has 0 unspecified atom stereocenters. The average Bonchev–Trinajstić information content (AvgIpc) is 2.76. The molecule has 0 bridgehead atoms. The van der Waals surface area contributed by atoms with E-state index >= 15 is 0 Å². The molecular formula is C11H13N3O2. The Morgan fingerprint density at radius 2 is 2.06 bits per heavy atom. The molecule has 0 aliphatic carbocycles. The van der Waals surface area contributed by atoms with Crippen LogP contribution in [0.15, 0.2) is 28.8 Å². The maximum Gasteiger partial charge on any atom is 0.252 e. The third-order valence-corrected chi connectivity index (χ3v) is 2.07. The molecule has 16 heavy (non-hydrogen) atoms. The van der Waals surface area contributed by atoms with Gasteiger partial charge in [-0.2, -0.15) is 4.98 Å². The molecule has 1 aromatic heterocycles. The lowest BCUT2D eigenvalue weighted by Crippen LogP contribution is -1.91. The van der Waals surface area contributed by atoms with Crippen molar-refractivity contribution in [3.8, 4) is 11.4 Å². The molecule has 0 radical (unpaired) electrons. The molecule has 0 fully saturated rings. The summed E-state index contributed by atoms with van der Waals surface area (Å²) in [7, 11) is 0. The first kappa shape index (κ1) is 10.6. The number of ether oxygens (including phenoxy) is 1. The molecule has 0 spiro atoms. The second kappa shape index (κ2) is 4.76. The van der Waals surface area contributed by atoms with Crippen molar-refractivity contribution >= 4 is 5.69 Å². The van der Waals surface area contributed by atoms with Gasteiger partial charge in [-0.1, -0.05) is 5.16 Å². The number of anilines is 1. The normalized spacial score (nSPS) is 10.6. The maximum absolute atomic E-state index is 5.59. The van der Waals surface area contributed by atoms with Crippen molar-refractivity contribution in [2.45, 2.75) is 13.5 Å². The summed E-state index contributed by atoms with van der Waals surface area (Å²) in [6.45, 7) is 2.88. The Bertz CT molecular complexity index is 451. The van der Waals surface area contributed by atoms with E-state index in [2.05, 4.69) is 10.1 Å². The number of hydrogen-bond acceptors (Lipinski definition) is 5. The third-order valence-electron chi connectivity index (χ3n) is 2.07. The maximum atomic E-state index is 5.59. The standard InChI is InChI=1S/C11H13N3O2/c1-2-15-7-10-13-11(14-16-10)8-3-5-9(12)6-4-8/h3-6H,2,7,12H2,1H3. The van der Waals surface area contributed by atoms with Gasteiger partial charge in [0.1, 0.15) is 6.61 Å². The molecular weight excluding hydrogens is 206 g/mol. The van der Waals surface area contributed by atoms with Crippen LogP contribution in [0.2, 0.25) is 0 Å². The Kier molecular flexibility index (Phi) is 3.16. The summed E-state index contributed by atoms with van der Waals surface area (Å²) in [5.74, 6) is 1.03. The molecule has 0 aliphatic rings. The minimum absolute atomic E-state index is 0.346. The number of rotatable bonds is 4. The Balaban J connectivity index is 2.15. The van der Waals surface area contributed by atoms with Gasteiger partial charge in [0.2, 0.25) is 5.82 Å². The van der Waals surface area contributed by atoms with Crippen molar-refractivity contribution in [3.05, 3.63) is 30.2 Å². The van der Waals surface area contributed by atoms with Crippen molar-refractivity contribution in [2.24, 2.45) is 0 Å². The van der Waals surface area contributed by atoms with Crippen molar-refractivity contribution in [1.29, 1.82) is 0 Å². The third kappa shape index (κ3) is 2.38. The molecule has 5 nitrogen and oxygen atoms in total. The quantitative estimate of drug-likeness (QED) is 0.794.